The van der Waals surface area contributed by atoms with E-state index in [0.29, 0.717) is 29.3 Å². The number of rotatable bonds is 11. The van der Waals surface area contributed by atoms with E-state index in [-0.39, 0.29) is 36.0 Å². The van der Waals surface area contributed by atoms with Gasteiger partial charge in [0.2, 0.25) is 5.91 Å². The van der Waals surface area contributed by atoms with Crippen molar-refractivity contribution in [3.8, 4) is 5.75 Å². The minimum absolute atomic E-state index is 0.0142. The molecule has 0 saturated heterocycles. The summed E-state index contributed by atoms with van der Waals surface area (Å²) in [7, 11) is -2.02. The molecule has 10 heteroatoms. The summed E-state index contributed by atoms with van der Waals surface area (Å²) in [5.41, 5.74) is 2.57. The fraction of sp³-hybridized carbons (Fsp3) is 0.357. The lowest BCUT2D eigenvalue weighted by molar-refractivity contribution is -0.116. The number of nitrogens with one attached hydrogen (secondary N) is 1. The quantitative estimate of drug-likeness (QED) is 0.342. The van der Waals surface area contributed by atoms with Crippen LogP contribution in [0.3, 0.4) is 0 Å². The van der Waals surface area contributed by atoms with Gasteiger partial charge in [0.05, 0.1) is 29.9 Å². The summed E-state index contributed by atoms with van der Waals surface area (Å²) in [5.74, 6) is -0.367. The van der Waals surface area contributed by atoms with Crippen LogP contribution >= 0.6 is 11.3 Å². The second-order valence-corrected chi connectivity index (χ2v) is 12.2. The van der Waals surface area contributed by atoms with Gasteiger partial charge in [-0.1, -0.05) is 30.3 Å². The van der Waals surface area contributed by atoms with E-state index in [1.54, 1.807) is 19.1 Å². The highest BCUT2D eigenvalue weighted by atomic mass is 32.2. The molecule has 0 saturated carbocycles. The minimum Gasteiger partial charge on any atom is -0.497 e. The molecule has 0 spiro atoms. The maximum Gasteiger partial charge on any atom is 0.341 e. The molecule has 3 aromatic rings. The lowest BCUT2D eigenvalue weighted by Crippen LogP contribution is -2.29. The maximum absolute atomic E-state index is 12.8. The SMILES string of the molecule is CCOC(=O)c1c(NC(=O)CCCS(=O)(=O)c2ccc(OC)cc2)sc2c1CCN(Cc1ccccc1)C2. The molecule has 2 aromatic carbocycles. The number of carbonyl (C=O) groups is 2. The number of carbonyl (C=O) groups excluding carboxylic acids is 2. The minimum atomic E-state index is -3.53. The van der Waals surface area contributed by atoms with Gasteiger partial charge in [-0.15, -0.1) is 11.3 Å². The Balaban J connectivity index is 1.41. The molecule has 0 atom stereocenters. The molecule has 1 N–H and O–H groups in total. The molecule has 2 heterocycles. The average molecular weight is 557 g/mol. The summed E-state index contributed by atoms with van der Waals surface area (Å²) in [6.07, 6.45) is 0.855. The topological polar surface area (TPSA) is 102 Å². The normalized spacial score (nSPS) is 13.5. The first-order valence-corrected chi connectivity index (χ1v) is 15.0. The third-order valence-electron chi connectivity index (χ3n) is 6.35. The highest BCUT2D eigenvalue weighted by Gasteiger charge is 2.29. The van der Waals surface area contributed by atoms with Crippen molar-refractivity contribution in [3.63, 3.8) is 0 Å². The third kappa shape index (κ3) is 6.80. The predicted molar refractivity (Wildman–Crippen MR) is 147 cm³/mol. The van der Waals surface area contributed by atoms with Gasteiger partial charge in [-0.2, -0.15) is 0 Å². The molecular formula is C28H32N2O6S2. The number of amides is 1. The van der Waals surface area contributed by atoms with Gasteiger partial charge in [-0.05, 0) is 55.2 Å². The molecule has 1 aromatic heterocycles. The predicted octanol–water partition coefficient (Wildman–Crippen LogP) is 4.68. The van der Waals surface area contributed by atoms with Crippen LogP contribution < -0.4 is 10.1 Å². The smallest absolute Gasteiger partial charge is 0.341 e. The number of ether oxygens (including phenoxy) is 2. The zero-order valence-electron chi connectivity index (χ0n) is 21.6. The summed E-state index contributed by atoms with van der Waals surface area (Å²) >= 11 is 1.39. The fourth-order valence-corrected chi connectivity index (χ4v) is 7.06. The Morgan fingerprint density at radius 1 is 1.08 bits per heavy atom. The number of hydrogen-bond donors (Lipinski definition) is 1. The lowest BCUT2D eigenvalue weighted by Gasteiger charge is -2.27. The van der Waals surface area contributed by atoms with Crippen molar-refractivity contribution in [2.24, 2.45) is 0 Å². The van der Waals surface area contributed by atoms with Gasteiger partial charge < -0.3 is 14.8 Å². The van der Waals surface area contributed by atoms with E-state index in [2.05, 4.69) is 22.3 Å². The van der Waals surface area contributed by atoms with Crippen molar-refractivity contribution < 1.29 is 27.5 Å². The Hall–Kier alpha value is -3.21. The molecule has 4 rings (SSSR count). The van der Waals surface area contributed by atoms with Crippen LogP contribution in [0.1, 0.15) is 46.1 Å². The summed E-state index contributed by atoms with van der Waals surface area (Å²) in [4.78, 5) is 29.2. The molecule has 1 aliphatic rings. The van der Waals surface area contributed by atoms with Crippen LogP contribution in [-0.2, 0) is 38.9 Å². The van der Waals surface area contributed by atoms with Crippen LogP contribution in [0.25, 0.3) is 0 Å². The molecule has 8 nitrogen and oxygen atoms in total. The summed E-state index contributed by atoms with van der Waals surface area (Å²) in [6, 6.07) is 16.4. The number of sulfone groups is 1. The molecule has 202 valence electrons. The van der Waals surface area contributed by atoms with Gasteiger partial charge in [-0.25, -0.2) is 13.2 Å². The van der Waals surface area contributed by atoms with Crippen molar-refractivity contribution in [1.29, 1.82) is 0 Å². The van der Waals surface area contributed by atoms with E-state index in [1.165, 1.54) is 36.1 Å². The van der Waals surface area contributed by atoms with Gasteiger partial charge in [0.1, 0.15) is 10.8 Å². The largest absolute Gasteiger partial charge is 0.497 e. The van der Waals surface area contributed by atoms with E-state index >= 15 is 0 Å². The van der Waals surface area contributed by atoms with Crippen molar-refractivity contribution in [3.05, 3.63) is 76.2 Å². The Morgan fingerprint density at radius 3 is 2.50 bits per heavy atom. The molecule has 38 heavy (non-hydrogen) atoms. The van der Waals surface area contributed by atoms with Gasteiger partial charge in [-0.3, -0.25) is 9.69 Å². The monoisotopic (exact) mass is 556 g/mol. The van der Waals surface area contributed by atoms with E-state index in [0.717, 1.165) is 23.5 Å². The molecule has 1 amide bonds. The Labute approximate surface area is 227 Å². The number of benzene rings is 2. The van der Waals surface area contributed by atoms with Gasteiger partial charge in [0.25, 0.3) is 0 Å². The van der Waals surface area contributed by atoms with Crippen molar-refractivity contribution in [2.75, 3.05) is 31.3 Å². The number of nitrogens with zero attached hydrogens (tertiary/aromatic N) is 1. The average Bonchev–Trinajstić information content (AvgIpc) is 3.26. The summed E-state index contributed by atoms with van der Waals surface area (Å²) in [6.45, 7) is 4.26. The number of anilines is 1. The number of methoxy groups -OCH3 is 1. The Bertz CT molecular complexity index is 1370. The van der Waals surface area contributed by atoms with Crippen molar-refractivity contribution in [2.45, 2.75) is 44.2 Å². The molecule has 1 aliphatic heterocycles. The van der Waals surface area contributed by atoms with Crippen LogP contribution in [0.5, 0.6) is 5.75 Å². The number of thiophene rings is 1. The van der Waals surface area contributed by atoms with Crippen molar-refractivity contribution in [1.82, 2.24) is 4.90 Å². The number of esters is 1. The van der Waals surface area contributed by atoms with Crippen LogP contribution in [0.2, 0.25) is 0 Å². The second-order valence-electron chi connectivity index (χ2n) is 9.02. The molecule has 0 radical (unpaired) electrons. The van der Waals surface area contributed by atoms with E-state index in [9.17, 15) is 18.0 Å². The molecule has 0 bridgehead atoms. The third-order valence-corrected chi connectivity index (χ3v) is 9.30. The maximum atomic E-state index is 12.8. The molecule has 0 aliphatic carbocycles. The number of fused-ring (bicyclic) bond motifs is 1. The van der Waals surface area contributed by atoms with Crippen LogP contribution in [-0.4, -0.2) is 51.2 Å². The zero-order chi connectivity index (χ0) is 27.1. The van der Waals surface area contributed by atoms with Crippen LogP contribution in [0, 0.1) is 0 Å². The van der Waals surface area contributed by atoms with Gasteiger partial charge in [0.15, 0.2) is 9.84 Å². The first kappa shape index (κ1) is 27.8. The molecular weight excluding hydrogens is 524 g/mol. The Kier molecular flexibility index (Phi) is 9.19. The standard InChI is InChI=1S/C28H32N2O6S2/c1-3-36-28(32)26-23-15-16-30(18-20-8-5-4-6-9-20)19-24(23)37-27(26)29-25(31)10-7-17-38(33,34)22-13-11-21(35-2)12-14-22/h4-6,8-9,11-14H,3,7,10,15-19H2,1-2H3,(H,29,31). The molecule has 0 fully saturated rings. The second kappa shape index (κ2) is 12.6. The van der Waals surface area contributed by atoms with Crippen LogP contribution in [0.15, 0.2) is 59.5 Å². The first-order chi connectivity index (χ1) is 18.3. The fourth-order valence-electron chi connectivity index (χ4n) is 4.45. The zero-order valence-corrected chi connectivity index (χ0v) is 23.2. The summed E-state index contributed by atoms with van der Waals surface area (Å²) in [5, 5.41) is 3.33. The van der Waals surface area contributed by atoms with E-state index < -0.39 is 15.8 Å². The summed E-state index contributed by atoms with van der Waals surface area (Å²) < 4.78 is 35.7. The Morgan fingerprint density at radius 2 is 1.82 bits per heavy atom. The highest BCUT2D eigenvalue weighted by molar-refractivity contribution is 7.91. The van der Waals surface area contributed by atoms with Crippen molar-refractivity contribution >= 4 is 38.1 Å². The lowest BCUT2D eigenvalue weighted by atomic mass is 10.0. The van der Waals surface area contributed by atoms with Gasteiger partial charge >= 0.3 is 5.97 Å². The first-order valence-electron chi connectivity index (χ1n) is 12.5. The number of hydrogen-bond acceptors (Lipinski definition) is 8. The van der Waals surface area contributed by atoms with Crippen LogP contribution in [0.4, 0.5) is 5.00 Å². The van der Waals surface area contributed by atoms with Gasteiger partial charge in [0, 0.05) is 30.9 Å². The molecule has 0 unspecified atom stereocenters. The van der Waals surface area contributed by atoms with E-state index in [4.69, 9.17) is 9.47 Å². The highest BCUT2D eigenvalue weighted by Crippen LogP contribution is 2.38. The van der Waals surface area contributed by atoms with E-state index in [1.807, 2.05) is 18.2 Å².